The standard InChI is InChI=1S/C13H18ClNOS/c14-13-9-12(2-1-10(13)3-6-15)17-11-4-7-16-8-5-11/h1-2,9,11H,3-8,15H2. The second-order valence-electron chi connectivity index (χ2n) is 4.22. The summed E-state index contributed by atoms with van der Waals surface area (Å²) in [7, 11) is 0. The number of ether oxygens (including phenoxy) is 1. The molecule has 0 bridgehead atoms. The molecule has 1 heterocycles. The average molecular weight is 272 g/mol. The molecular formula is C13H18ClNOS. The monoisotopic (exact) mass is 271 g/mol. The lowest BCUT2D eigenvalue weighted by Crippen LogP contribution is -2.17. The number of hydrogen-bond donors (Lipinski definition) is 1. The van der Waals surface area contributed by atoms with Gasteiger partial charge in [-0.1, -0.05) is 17.7 Å². The van der Waals surface area contributed by atoms with Crippen LogP contribution in [0.1, 0.15) is 18.4 Å². The molecular weight excluding hydrogens is 254 g/mol. The first-order valence-electron chi connectivity index (χ1n) is 6.02. The summed E-state index contributed by atoms with van der Waals surface area (Å²) in [6, 6.07) is 6.31. The van der Waals surface area contributed by atoms with Crippen LogP contribution in [0.3, 0.4) is 0 Å². The summed E-state index contributed by atoms with van der Waals surface area (Å²) >= 11 is 8.14. The molecule has 0 amide bonds. The molecule has 1 aromatic carbocycles. The van der Waals surface area contributed by atoms with E-state index in [9.17, 15) is 0 Å². The van der Waals surface area contributed by atoms with Crippen molar-refractivity contribution >= 4 is 23.4 Å². The largest absolute Gasteiger partial charge is 0.381 e. The van der Waals surface area contributed by atoms with E-state index in [0.717, 1.165) is 43.1 Å². The van der Waals surface area contributed by atoms with Gasteiger partial charge in [0, 0.05) is 28.4 Å². The lowest BCUT2D eigenvalue weighted by Gasteiger charge is -2.21. The predicted octanol–water partition coefficient (Wildman–Crippen LogP) is 3.11. The molecule has 0 radical (unpaired) electrons. The maximum atomic E-state index is 6.23. The quantitative estimate of drug-likeness (QED) is 0.914. The molecule has 2 rings (SSSR count). The first-order valence-corrected chi connectivity index (χ1v) is 7.28. The Bertz CT molecular complexity index is 366. The zero-order valence-corrected chi connectivity index (χ0v) is 11.4. The Morgan fingerprint density at radius 1 is 1.35 bits per heavy atom. The molecule has 4 heteroatoms. The first kappa shape index (κ1) is 13.2. The zero-order valence-electron chi connectivity index (χ0n) is 9.82. The van der Waals surface area contributed by atoms with Gasteiger partial charge in [0.15, 0.2) is 0 Å². The van der Waals surface area contributed by atoms with Crippen molar-refractivity contribution < 1.29 is 4.74 Å². The van der Waals surface area contributed by atoms with E-state index in [1.165, 1.54) is 4.90 Å². The Labute approximate surface area is 112 Å². The van der Waals surface area contributed by atoms with Crippen molar-refractivity contribution in [2.45, 2.75) is 29.4 Å². The van der Waals surface area contributed by atoms with Crippen LogP contribution in [0, 0.1) is 0 Å². The van der Waals surface area contributed by atoms with Crippen LogP contribution in [0.5, 0.6) is 0 Å². The Kier molecular flexibility index (Phi) is 5.16. The minimum atomic E-state index is 0.645. The van der Waals surface area contributed by atoms with Gasteiger partial charge >= 0.3 is 0 Å². The van der Waals surface area contributed by atoms with Crippen LogP contribution in [0.2, 0.25) is 5.02 Å². The Morgan fingerprint density at radius 2 is 2.12 bits per heavy atom. The van der Waals surface area contributed by atoms with Crippen LogP contribution in [-0.4, -0.2) is 25.0 Å². The Balaban J connectivity index is 1.98. The third-order valence-corrected chi connectivity index (χ3v) is 4.59. The fraction of sp³-hybridized carbons (Fsp3) is 0.538. The van der Waals surface area contributed by atoms with Crippen LogP contribution in [0.25, 0.3) is 0 Å². The number of rotatable bonds is 4. The number of thioether (sulfide) groups is 1. The normalized spacial score (nSPS) is 17.3. The minimum Gasteiger partial charge on any atom is -0.381 e. The summed E-state index contributed by atoms with van der Waals surface area (Å²) in [5.74, 6) is 0. The van der Waals surface area contributed by atoms with Crippen molar-refractivity contribution in [3.05, 3.63) is 28.8 Å². The summed E-state index contributed by atoms with van der Waals surface area (Å²) in [6.45, 7) is 2.42. The lowest BCUT2D eigenvalue weighted by atomic mass is 10.1. The average Bonchev–Trinajstić information content (AvgIpc) is 2.34. The molecule has 1 aliphatic rings. The summed E-state index contributed by atoms with van der Waals surface area (Å²) in [5.41, 5.74) is 6.68. The highest BCUT2D eigenvalue weighted by atomic mass is 35.5. The fourth-order valence-corrected chi connectivity index (χ4v) is 3.43. The molecule has 1 saturated heterocycles. The minimum absolute atomic E-state index is 0.645. The Hall–Kier alpha value is -0.220. The van der Waals surface area contributed by atoms with Crippen molar-refractivity contribution in [2.75, 3.05) is 19.8 Å². The number of hydrogen-bond acceptors (Lipinski definition) is 3. The fourth-order valence-electron chi connectivity index (χ4n) is 1.95. The lowest BCUT2D eigenvalue weighted by molar-refractivity contribution is 0.100. The molecule has 1 aliphatic heterocycles. The van der Waals surface area contributed by atoms with E-state index in [1.54, 1.807) is 0 Å². The highest BCUT2D eigenvalue weighted by Crippen LogP contribution is 2.32. The molecule has 0 spiro atoms. The van der Waals surface area contributed by atoms with E-state index in [4.69, 9.17) is 22.1 Å². The first-order chi connectivity index (χ1) is 8.29. The van der Waals surface area contributed by atoms with Gasteiger partial charge in [0.25, 0.3) is 0 Å². The van der Waals surface area contributed by atoms with E-state index in [1.807, 2.05) is 11.8 Å². The van der Waals surface area contributed by atoms with E-state index in [-0.39, 0.29) is 0 Å². The van der Waals surface area contributed by atoms with Crippen LogP contribution in [0.15, 0.2) is 23.1 Å². The van der Waals surface area contributed by atoms with Gasteiger partial charge in [-0.25, -0.2) is 0 Å². The van der Waals surface area contributed by atoms with Gasteiger partial charge in [-0.3, -0.25) is 0 Å². The molecule has 0 saturated carbocycles. The number of benzene rings is 1. The smallest absolute Gasteiger partial charge is 0.0476 e. The molecule has 17 heavy (non-hydrogen) atoms. The third-order valence-electron chi connectivity index (χ3n) is 2.91. The van der Waals surface area contributed by atoms with Gasteiger partial charge in [0.1, 0.15) is 0 Å². The van der Waals surface area contributed by atoms with Crippen molar-refractivity contribution in [3.8, 4) is 0 Å². The molecule has 2 N–H and O–H groups in total. The second-order valence-corrected chi connectivity index (χ2v) is 6.00. The van der Waals surface area contributed by atoms with Gasteiger partial charge in [-0.15, -0.1) is 11.8 Å². The SMILES string of the molecule is NCCc1ccc(SC2CCOCC2)cc1Cl. The highest BCUT2D eigenvalue weighted by Gasteiger charge is 2.15. The summed E-state index contributed by atoms with van der Waals surface area (Å²) < 4.78 is 5.36. The molecule has 0 aromatic heterocycles. The van der Waals surface area contributed by atoms with Gasteiger partial charge in [-0.2, -0.15) is 0 Å². The molecule has 1 aromatic rings. The maximum absolute atomic E-state index is 6.23. The van der Waals surface area contributed by atoms with Crippen molar-refractivity contribution in [1.29, 1.82) is 0 Å². The van der Waals surface area contributed by atoms with Gasteiger partial charge < -0.3 is 10.5 Å². The van der Waals surface area contributed by atoms with Crippen LogP contribution < -0.4 is 5.73 Å². The molecule has 94 valence electrons. The van der Waals surface area contributed by atoms with Gasteiger partial charge in [0.2, 0.25) is 0 Å². The van der Waals surface area contributed by atoms with E-state index in [0.29, 0.717) is 11.8 Å². The summed E-state index contributed by atoms with van der Waals surface area (Å²) in [6.07, 6.45) is 3.11. The van der Waals surface area contributed by atoms with E-state index in [2.05, 4.69) is 18.2 Å². The van der Waals surface area contributed by atoms with Gasteiger partial charge in [-0.05, 0) is 43.5 Å². The summed E-state index contributed by atoms with van der Waals surface area (Å²) in [4.78, 5) is 1.25. The van der Waals surface area contributed by atoms with Crippen LogP contribution in [-0.2, 0) is 11.2 Å². The number of nitrogens with two attached hydrogens (primary N) is 1. The predicted molar refractivity (Wildman–Crippen MR) is 73.9 cm³/mol. The topological polar surface area (TPSA) is 35.2 Å². The molecule has 2 nitrogen and oxygen atoms in total. The molecule has 0 aliphatic carbocycles. The zero-order chi connectivity index (χ0) is 12.1. The second kappa shape index (κ2) is 6.64. The highest BCUT2D eigenvalue weighted by molar-refractivity contribution is 8.00. The van der Waals surface area contributed by atoms with Crippen molar-refractivity contribution in [1.82, 2.24) is 0 Å². The Morgan fingerprint density at radius 3 is 2.76 bits per heavy atom. The van der Waals surface area contributed by atoms with Crippen molar-refractivity contribution in [2.24, 2.45) is 5.73 Å². The van der Waals surface area contributed by atoms with Crippen molar-refractivity contribution in [3.63, 3.8) is 0 Å². The molecule has 0 atom stereocenters. The molecule has 1 fully saturated rings. The van der Waals surface area contributed by atoms with Gasteiger partial charge in [0.05, 0.1) is 0 Å². The maximum Gasteiger partial charge on any atom is 0.0476 e. The van der Waals surface area contributed by atoms with Crippen LogP contribution in [0.4, 0.5) is 0 Å². The third kappa shape index (κ3) is 3.88. The van der Waals surface area contributed by atoms with E-state index >= 15 is 0 Å². The number of halogens is 1. The molecule has 0 unspecified atom stereocenters. The summed E-state index contributed by atoms with van der Waals surface area (Å²) in [5, 5.41) is 1.51. The van der Waals surface area contributed by atoms with Crippen LogP contribution >= 0.6 is 23.4 Å². The van der Waals surface area contributed by atoms with E-state index < -0.39 is 0 Å².